The zero-order valence-electron chi connectivity index (χ0n) is 5.11. The molecule has 1 unspecified atom stereocenters. The SMILES string of the molecule is FC1(F)CCC(CS)C1. The zero-order chi connectivity index (χ0) is 6.91. The third-order valence-electron chi connectivity index (χ3n) is 1.76. The molecule has 0 aliphatic heterocycles. The Labute approximate surface area is 59.0 Å². The highest BCUT2D eigenvalue weighted by Crippen LogP contribution is 2.38. The maximum Gasteiger partial charge on any atom is 0.248 e. The Morgan fingerprint density at radius 1 is 1.56 bits per heavy atom. The van der Waals surface area contributed by atoms with E-state index in [0.717, 1.165) is 0 Å². The molecule has 9 heavy (non-hydrogen) atoms. The third kappa shape index (κ3) is 1.81. The van der Waals surface area contributed by atoms with E-state index >= 15 is 0 Å². The minimum absolute atomic E-state index is 0.0521. The molecule has 0 bridgehead atoms. The van der Waals surface area contributed by atoms with Crippen molar-refractivity contribution in [1.29, 1.82) is 0 Å². The summed E-state index contributed by atoms with van der Waals surface area (Å²) in [6.45, 7) is 0. The molecule has 0 aromatic carbocycles. The first kappa shape index (κ1) is 7.32. The molecule has 0 nitrogen and oxygen atoms in total. The van der Waals surface area contributed by atoms with E-state index in [2.05, 4.69) is 12.6 Å². The van der Waals surface area contributed by atoms with Crippen LogP contribution in [0.1, 0.15) is 19.3 Å². The molecule has 0 N–H and O–H groups in total. The second-order valence-corrected chi connectivity index (χ2v) is 3.01. The van der Waals surface area contributed by atoms with E-state index < -0.39 is 5.92 Å². The van der Waals surface area contributed by atoms with E-state index in [-0.39, 0.29) is 18.8 Å². The fraction of sp³-hybridized carbons (Fsp3) is 1.00. The quantitative estimate of drug-likeness (QED) is 0.548. The first-order valence-corrected chi connectivity index (χ1v) is 3.76. The van der Waals surface area contributed by atoms with Crippen molar-refractivity contribution >= 4 is 12.6 Å². The van der Waals surface area contributed by atoms with Gasteiger partial charge in [0.25, 0.3) is 0 Å². The molecule has 0 aromatic rings. The normalized spacial score (nSPS) is 33.0. The molecule has 1 aliphatic rings. The van der Waals surface area contributed by atoms with Crippen LogP contribution in [0.2, 0.25) is 0 Å². The second kappa shape index (κ2) is 2.45. The zero-order valence-corrected chi connectivity index (χ0v) is 6.00. The van der Waals surface area contributed by atoms with E-state index in [9.17, 15) is 8.78 Å². The minimum atomic E-state index is -2.38. The van der Waals surface area contributed by atoms with Gasteiger partial charge in [-0.15, -0.1) is 0 Å². The monoisotopic (exact) mass is 152 g/mol. The first-order valence-electron chi connectivity index (χ1n) is 3.13. The maximum atomic E-state index is 12.3. The molecular weight excluding hydrogens is 142 g/mol. The van der Waals surface area contributed by atoms with Crippen molar-refractivity contribution in [2.45, 2.75) is 25.2 Å². The van der Waals surface area contributed by atoms with Crippen LogP contribution in [-0.2, 0) is 0 Å². The number of thiol groups is 1. The van der Waals surface area contributed by atoms with Gasteiger partial charge in [0.2, 0.25) is 5.92 Å². The van der Waals surface area contributed by atoms with Gasteiger partial charge in [-0.3, -0.25) is 0 Å². The molecule has 0 aromatic heterocycles. The van der Waals surface area contributed by atoms with Crippen LogP contribution in [0.4, 0.5) is 8.78 Å². The molecular formula is C6H10F2S. The highest BCUT2D eigenvalue weighted by molar-refractivity contribution is 7.80. The lowest BCUT2D eigenvalue weighted by molar-refractivity contribution is 0.00597. The van der Waals surface area contributed by atoms with E-state index in [1.54, 1.807) is 0 Å². The second-order valence-electron chi connectivity index (χ2n) is 2.65. The van der Waals surface area contributed by atoms with Crippen molar-refractivity contribution in [2.75, 3.05) is 5.75 Å². The summed E-state index contributed by atoms with van der Waals surface area (Å²) >= 11 is 3.96. The first-order chi connectivity index (χ1) is 4.14. The van der Waals surface area contributed by atoms with Crippen LogP contribution in [0.3, 0.4) is 0 Å². The van der Waals surface area contributed by atoms with Gasteiger partial charge < -0.3 is 0 Å². The smallest absolute Gasteiger partial charge is 0.207 e. The standard InChI is InChI=1S/C6H10F2S/c7-6(8)2-1-5(3-6)4-9/h5,9H,1-4H2. The summed E-state index contributed by atoms with van der Waals surface area (Å²) in [5.74, 6) is -1.62. The Morgan fingerprint density at radius 3 is 2.44 bits per heavy atom. The van der Waals surface area contributed by atoms with Crippen molar-refractivity contribution in [2.24, 2.45) is 5.92 Å². The summed E-state index contributed by atoms with van der Waals surface area (Å²) in [5.41, 5.74) is 0. The van der Waals surface area contributed by atoms with Gasteiger partial charge in [-0.2, -0.15) is 12.6 Å². The number of alkyl halides is 2. The van der Waals surface area contributed by atoms with Gasteiger partial charge >= 0.3 is 0 Å². The van der Waals surface area contributed by atoms with Crippen LogP contribution >= 0.6 is 12.6 Å². The molecule has 54 valence electrons. The summed E-state index contributed by atoms with van der Waals surface area (Å²) in [4.78, 5) is 0. The molecule has 3 heteroatoms. The Morgan fingerprint density at radius 2 is 2.22 bits per heavy atom. The third-order valence-corrected chi connectivity index (χ3v) is 2.28. The lowest BCUT2D eigenvalue weighted by Crippen LogP contribution is -2.09. The molecule has 0 amide bonds. The van der Waals surface area contributed by atoms with E-state index in [0.29, 0.717) is 12.2 Å². The van der Waals surface area contributed by atoms with E-state index in [1.165, 1.54) is 0 Å². The molecule has 1 saturated carbocycles. The summed E-state index contributed by atoms with van der Waals surface area (Å²) in [6, 6.07) is 0. The summed E-state index contributed by atoms with van der Waals surface area (Å²) in [7, 11) is 0. The molecule has 1 rings (SSSR count). The molecule has 0 spiro atoms. The van der Waals surface area contributed by atoms with Gasteiger partial charge in [-0.05, 0) is 18.1 Å². The van der Waals surface area contributed by atoms with Crippen molar-refractivity contribution in [3.63, 3.8) is 0 Å². The largest absolute Gasteiger partial charge is 0.248 e. The molecule has 1 atom stereocenters. The van der Waals surface area contributed by atoms with Crippen LogP contribution in [0, 0.1) is 5.92 Å². The van der Waals surface area contributed by atoms with Crippen molar-refractivity contribution < 1.29 is 8.78 Å². The molecule has 1 fully saturated rings. The molecule has 0 saturated heterocycles. The van der Waals surface area contributed by atoms with Crippen LogP contribution in [0.25, 0.3) is 0 Å². The van der Waals surface area contributed by atoms with Gasteiger partial charge in [0.05, 0.1) is 0 Å². The number of rotatable bonds is 1. The van der Waals surface area contributed by atoms with Gasteiger partial charge in [-0.25, -0.2) is 8.78 Å². The fourth-order valence-electron chi connectivity index (χ4n) is 1.20. The van der Waals surface area contributed by atoms with Crippen molar-refractivity contribution in [3.05, 3.63) is 0 Å². The van der Waals surface area contributed by atoms with Gasteiger partial charge in [0.15, 0.2) is 0 Å². The Balaban J connectivity index is 2.38. The van der Waals surface area contributed by atoms with Gasteiger partial charge in [0.1, 0.15) is 0 Å². The molecule has 0 radical (unpaired) electrons. The van der Waals surface area contributed by atoms with Gasteiger partial charge in [-0.1, -0.05) is 0 Å². The molecule has 0 heterocycles. The van der Waals surface area contributed by atoms with E-state index in [1.807, 2.05) is 0 Å². The van der Waals surface area contributed by atoms with Crippen LogP contribution < -0.4 is 0 Å². The van der Waals surface area contributed by atoms with Gasteiger partial charge in [0, 0.05) is 12.8 Å². The Bertz CT molecular complexity index is 103. The topological polar surface area (TPSA) is 0 Å². The van der Waals surface area contributed by atoms with Crippen molar-refractivity contribution in [1.82, 2.24) is 0 Å². The lowest BCUT2D eigenvalue weighted by Gasteiger charge is -2.06. The summed E-state index contributed by atoms with van der Waals surface area (Å²) in [5, 5.41) is 0. The number of hydrogen-bond donors (Lipinski definition) is 1. The van der Waals surface area contributed by atoms with Crippen molar-refractivity contribution in [3.8, 4) is 0 Å². The number of hydrogen-bond acceptors (Lipinski definition) is 1. The number of halogens is 2. The Hall–Kier alpha value is 0.210. The molecule has 1 aliphatic carbocycles. The van der Waals surface area contributed by atoms with Crippen LogP contribution in [0.15, 0.2) is 0 Å². The summed E-state index contributed by atoms with van der Waals surface area (Å²) < 4.78 is 24.7. The highest BCUT2D eigenvalue weighted by atomic mass is 32.1. The van der Waals surface area contributed by atoms with E-state index in [4.69, 9.17) is 0 Å². The Kier molecular flexibility index (Phi) is 1.99. The highest BCUT2D eigenvalue weighted by Gasteiger charge is 2.38. The predicted molar refractivity (Wildman–Crippen MR) is 36.1 cm³/mol. The predicted octanol–water partition coefficient (Wildman–Crippen LogP) is 2.35. The lowest BCUT2D eigenvalue weighted by atomic mass is 10.1. The maximum absolute atomic E-state index is 12.3. The van der Waals surface area contributed by atoms with Crippen LogP contribution in [-0.4, -0.2) is 11.7 Å². The minimum Gasteiger partial charge on any atom is -0.207 e. The van der Waals surface area contributed by atoms with Crippen LogP contribution in [0.5, 0.6) is 0 Å². The average Bonchev–Trinajstić information content (AvgIpc) is 2.10. The summed E-state index contributed by atoms with van der Waals surface area (Å²) in [6.07, 6.45) is 0.769. The fourth-order valence-corrected chi connectivity index (χ4v) is 1.51. The average molecular weight is 152 g/mol.